The molecule has 2 heterocycles. The average Bonchev–Trinajstić information content (AvgIpc) is 3.12. The number of halogens is 3. The topological polar surface area (TPSA) is 68.0 Å². The van der Waals surface area contributed by atoms with Gasteiger partial charge in [-0.1, -0.05) is 12.1 Å². The normalized spacial score (nSPS) is 11.6. The Hall–Kier alpha value is -2.68. The van der Waals surface area contributed by atoms with Gasteiger partial charge in [0.2, 0.25) is 5.13 Å². The average molecular weight is 367 g/mol. The van der Waals surface area contributed by atoms with Crippen molar-refractivity contribution in [3.05, 3.63) is 53.0 Å². The van der Waals surface area contributed by atoms with Crippen molar-refractivity contribution in [2.24, 2.45) is 0 Å². The number of carbonyl (C=O) groups excluding carboxylic acids is 1. The smallest absolute Gasteiger partial charge is 0.416 e. The molecule has 3 rings (SSSR count). The third-order valence-corrected chi connectivity index (χ3v) is 4.11. The summed E-state index contributed by atoms with van der Waals surface area (Å²) >= 11 is 1.04. The molecule has 0 unspecified atom stereocenters. The first-order chi connectivity index (χ1) is 11.7. The molecule has 130 valence electrons. The maximum atomic E-state index is 12.8. The van der Waals surface area contributed by atoms with Crippen LogP contribution in [0.25, 0.3) is 11.3 Å². The van der Waals surface area contributed by atoms with Crippen molar-refractivity contribution >= 4 is 22.6 Å². The largest absolute Gasteiger partial charge is 0.461 e. The van der Waals surface area contributed by atoms with Gasteiger partial charge < -0.3 is 4.42 Å². The molecule has 3 aromatic rings. The van der Waals surface area contributed by atoms with E-state index in [0.29, 0.717) is 16.7 Å². The maximum absolute atomic E-state index is 12.8. The van der Waals surface area contributed by atoms with E-state index in [9.17, 15) is 18.0 Å². The third-order valence-electron chi connectivity index (χ3n) is 3.38. The number of furan rings is 1. The SMILES string of the molecule is Cc1nsc(NC(=O)c2cc(-c3cccc(C(F)(F)F)c3)oc2C)n1. The Morgan fingerprint density at radius 3 is 2.64 bits per heavy atom. The van der Waals surface area contributed by atoms with Crippen molar-refractivity contribution in [2.75, 3.05) is 5.32 Å². The predicted octanol–water partition coefficient (Wildman–Crippen LogP) is 4.69. The number of nitrogens with zero attached hydrogens (tertiary/aromatic N) is 2. The van der Waals surface area contributed by atoms with E-state index in [2.05, 4.69) is 14.7 Å². The van der Waals surface area contributed by atoms with Crippen LogP contribution in [0, 0.1) is 13.8 Å². The van der Waals surface area contributed by atoms with Crippen LogP contribution in [-0.4, -0.2) is 15.3 Å². The van der Waals surface area contributed by atoms with Gasteiger partial charge in [0.15, 0.2) is 0 Å². The molecule has 9 heteroatoms. The number of aromatic nitrogens is 2. The number of anilines is 1. The number of hydrogen-bond donors (Lipinski definition) is 1. The van der Waals surface area contributed by atoms with Crippen LogP contribution < -0.4 is 5.32 Å². The number of amides is 1. The molecule has 25 heavy (non-hydrogen) atoms. The van der Waals surface area contributed by atoms with E-state index in [4.69, 9.17) is 4.42 Å². The van der Waals surface area contributed by atoms with Gasteiger partial charge in [0, 0.05) is 17.1 Å². The van der Waals surface area contributed by atoms with E-state index in [0.717, 1.165) is 23.7 Å². The molecule has 0 saturated carbocycles. The first-order valence-corrected chi connectivity index (χ1v) is 7.91. The Kier molecular flexibility index (Phi) is 4.34. The summed E-state index contributed by atoms with van der Waals surface area (Å²) in [5.74, 6) is 0.554. The van der Waals surface area contributed by atoms with Gasteiger partial charge in [0.05, 0.1) is 11.1 Å². The van der Waals surface area contributed by atoms with Gasteiger partial charge in [-0.3, -0.25) is 10.1 Å². The molecule has 0 aliphatic rings. The lowest BCUT2D eigenvalue weighted by Crippen LogP contribution is -2.11. The summed E-state index contributed by atoms with van der Waals surface area (Å²) in [5.41, 5.74) is -0.321. The molecule has 0 saturated heterocycles. The highest BCUT2D eigenvalue weighted by molar-refractivity contribution is 7.09. The molecule has 5 nitrogen and oxygen atoms in total. The third kappa shape index (κ3) is 3.71. The fourth-order valence-electron chi connectivity index (χ4n) is 2.21. The van der Waals surface area contributed by atoms with Crippen LogP contribution in [0.1, 0.15) is 27.5 Å². The van der Waals surface area contributed by atoms with Crippen molar-refractivity contribution in [3.8, 4) is 11.3 Å². The van der Waals surface area contributed by atoms with Crippen LogP contribution in [0.4, 0.5) is 18.3 Å². The molecule has 0 aliphatic heterocycles. The van der Waals surface area contributed by atoms with Crippen LogP contribution in [0.2, 0.25) is 0 Å². The fraction of sp³-hybridized carbons (Fsp3) is 0.188. The minimum absolute atomic E-state index is 0.183. The highest BCUT2D eigenvalue weighted by Crippen LogP contribution is 2.33. The van der Waals surface area contributed by atoms with Crippen LogP contribution in [0.3, 0.4) is 0 Å². The van der Waals surface area contributed by atoms with Gasteiger partial charge in [-0.2, -0.15) is 17.5 Å². The standard InChI is InChI=1S/C16H12F3N3O2S/c1-8-12(14(23)21-15-20-9(2)22-25-15)7-13(24-8)10-4-3-5-11(6-10)16(17,18)19/h3-7H,1-2H3,(H,20,21,22,23). The Labute approximate surface area is 144 Å². The minimum Gasteiger partial charge on any atom is -0.461 e. The van der Waals surface area contributed by atoms with Crippen molar-refractivity contribution in [1.82, 2.24) is 9.36 Å². The molecule has 0 bridgehead atoms. The van der Waals surface area contributed by atoms with Gasteiger partial charge >= 0.3 is 6.18 Å². The molecular weight excluding hydrogens is 355 g/mol. The van der Waals surface area contributed by atoms with Crippen LogP contribution in [0.5, 0.6) is 0 Å². The zero-order valence-electron chi connectivity index (χ0n) is 13.1. The summed E-state index contributed by atoms with van der Waals surface area (Å²) in [7, 11) is 0. The molecule has 0 atom stereocenters. The number of carbonyl (C=O) groups is 1. The first-order valence-electron chi connectivity index (χ1n) is 7.14. The molecule has 0 aliphatic carbocycles. The molecule has 1 aromatic carbocycles. The van der Waals surface area contributed by atoms with Crippen LogP contribution in [0.15, 0.2) is 34.7 Å². The monoisotopic (exact) mass is 367 g/mol. The lowest BCUT2D eigenvalue weighted by atomic mass is 10.1. The van der Waals surface area contributed by atoms with Crippen molar-refractivity contribution in [3.63, 3.8) is 0 Å². The lowest BCUT2D eigenvalue weighted by molar-refractivity contribution is -0.137. The summed E-state index contributed by atoms with van der Waals surface area (Å²) in [5, 5.41) is 2.92. The Bertz CT molecular complexity index is 931. The van der Waals surface area contributed by atoms with Crippen LogP contribution in [-0.2, 0) is 6.18 Å². The molecule has 0 fully saturated rings. The number of aryl methyl sites for hydroxylation is 2. The molecule has 0 radical (unpaired) electrons. The summed E-state index contributed by atoms with van der Waals surface area (Å²) in [4.78, 5) is 16.3. The minimum atomic E-state index is -4.45. The second-order valence-electron chi connectivity index (χ2n) is 5.26. The zero-order valence-corrected chi connectivity index (χ0v) is 14.0. The zero-order chi connectivity index (χ0) is 18.2. The van der Waals surface area contributed by atoms with Crippen LogP contribution >= 0.6 is 11.5 Å². The highest BCUT2D eigenvalue weighted by atomic mass is 32.1. The van der Waals surface area contributed by atoms with Crippen molar-refractivity contribution in [2.45, 2.75) is 20.0 Å². The van der Waals surface area contributed by atoms with Gasteiger partial charge in [-0.25, -0.2) is 4.98 Å². The van der Waals surface area contributed by atoms with E-state index < -0.39 is 17.6 Å². The second-order valence-corrected chi connectivity index (χ2v) is 6.01. The Morgan fingerprint density at radius 1 is 1.24 bits per heavy atom. The van der Waals surface area contributed by atoms with Crippen molar-refractivity contribution in [1.29, 1.82) is 0 Å². The quantitative estimate of drug-likeness (QED) is 0.729. The Morgan fingerprint density at radius 2 is 2.00 bits per heavy atom. The predicted molar refractivity (Wildman–Crippen MR) is 86.5 cm³/mol. The number of rotatable bonds is 3. The Balaban J connectivity index is 1.89. The van der Waals surface area contributed by atoms with Gasteiger partial charge in [0.1, 0.15) is 17.3 Å². The summed E-state index contributed by atoms with van der Waals surface area (Å²) in [6.07, 6.45) is -4.45. The van der Waals surface area contributed by atoms with Gasteiger partial charge in [-0.05, 0) is 32.0 Å². The second kappa shape index (κ2) is 6.32. The molecule has 1 N–H and O–H groups in total. The summed E-state index contributed by atoms with van der Waals surface area (Å²) < 4.78 is 47.9. The summed E-state index contributed by atoms with van der Waals surface area (Å²) in [6.45, 7) is 3.26. The molecule has 1 amide bonds. The maximum Gasteiger partial charge on any atom is 0.416 e. The highest BCUT2D eigenvalue weighted by Gasteiger charge is 2.30. The number of nitrogens with one attached hydrogen (secondary N) is 1. The van der Waals surface area contributed by atoms with E-state index >= 15 is 0 Å². The van der Waals surface area contributed by atoms with Gasteiger partial charge in [-0.15, -0.1) is 0 Å². The fourth-order valence-corrected chi connectivity index (χ4v) is 2.78. The molecular formula is C16H12F3N3O2S. The summed E-state index contributed by atoms with van der Waals surface area (Å²) in [6, 6.07) is 6.15. The van der Waals surface area contributed by atoms with E-state index in [1.807, 2.05) is 0 Å². The van der Waals surface area contributed by atoms with Gasteiger partial charge in [0.25, 0.3) is 5.91 Å². The first kappa shape index (κ1) is 17.2. The van der Waals surface area contributed by atoms with Crippen molar-refractivity contribution < 1.29 is 22.4 Å². The lowest BCUT2D eigenvalue weighted by Gasteiger charge is -2.07. The molecule has 0 spiro atoms. The number of hydrogen-bond acceptors (Lipinski definition) is 5. The van der Waals surface area contributed by atoms with E-state index in [1.165, 1.54) is 18.2 Å². The molecule has 2 aromatic heterocycles. The van der Waals surface area contributed by atoms with E-state index in [1.54, 1.807) is 13.8 Å². The van der Waals surface area contributed by atoms with E-state index in [-0.39, 0.29) is 16.9 Å². The number of alkyl halides is 3. The number of benzene rings is 1.